The average molecular weight is 376 g/mol. The molecule has 2 N–H and O–H groups in total. The van der Waals surface area contributed by atoms with Crippen molar-refractivity contribution >= 4 is 0 Å². The summed E-state index contributed by atoms with van der Waals surface area (Å²) in [6.45, 7) is 0.0580. The summed E-state index contributed by atoms with van der Waals surface area (Å²) < 4.78 is 21.3. The second kappa shape index (κ2) is 10.0. The quantitative estimate of drug-likeness (QED) is 0.662. The molecule has 0 bridgehead atoms. The van der Waals surface area contributed by atoms with Gasteiger partial charge in [0.15, 0.2) is 23.0 Å². The Morgan fingerprint density at radius 3 is 1.70 bits per heavy atom. The number of rotatable bonds is 10. The van der Waals surface area contributed by atoms with Crippen LogP contribution in [0, 0.1) is 0 Å². The Labute approximate surface area is 160 Å². The number of hydrogen-bond acceptors (Lipinski definition) is 6. The Morgan fingerprint density at radius 2 is 1.22 bits per heavy atom. The van der Waals surface area contributed by atoms with Crippen LogP contribution in [-0.2, 0) is 0 Å². The zero-order valence-electron chi connectivity index (χ0n) is 16.3. The summed E-state index contributed by atoms with van der Waals surface area (Å²) in [6.07, 6.45) is 0.402. The van der Waals surface area contributed by atoms with Gasteiger partial charge in [0.05, 0.1) is 34.5 Å². The minimum absolute atomic E-state index is 0.0580. The Bertz CT molecular complexity index is 731. The van der Waals surface area contributed by atoms with Crippen molar-refractivity contribution in [2.75, 3.05) is 35.0 Å². The Morgan fingerprint density at radius 1 is 0.741 bits per heavy atom. The van der Waals surface area contributed by atoms with Gasteiger partial charge in [0.2, 0.25) is 0 Å². The standard InChI is InChI=1S/C21H28O6/c1-24-17-9-7-14(12-19(17)26-3)16(6-5-11-22)21(23)15-8-10-18(25-2)20(13-15)27-4/h7-10,12-13,16,21-23H,5-6,11H2,1-4H3. The van der Waals surface area contributed by atoms with Crippen LogP contribution in [0.3, 0.4) is 0 Å². The molecule has 0 radical (unpaired) electrons. The third-order valence-corrected chi connectivity index (χ3v) is 4.64. The highest BCUT2D eigenvalue weighted by Crippen LogP contribution is 2.40. The number of aliphatic hydroxyl groups excluding tert-OH is 2. The van der Waals surface area contributed by atoms with Crippen LogP contribution in [0.25, 0.3) is 0 Å². The maximum Gasteiger partial charge on any atom is 0.161 e. The van der Waals surface area contributed by atoms with Crippen LogP contribution >= 0.6 is 0 Å². The van der Waals surface area contributed by atoms with Crippen molar-refractivity contribution in [2.45, 2.75) is 24.9 Å². The van der Waals surface area contributed by atoms with Gasteiger partial charge < -0.3 is 29.2 Å². The lowest BCUT2D eigenvalue weighted by Gasteiger charge is -2.25. The van der Waals surface area contributed by atoms with Crippen LogP contribution < -0.4 is 18.9 Å². The summed E-state index contributed by atoms with van der Waals surface area (Å²) in [7, 11) is 6.29. The van der Waals surface area contributed by atoms with E-state index in [4.69, 9.17) is 18.9 Å². The Kier molecular flexibility index (Phi) is 7.76. The zero-order chi connectivity index (χ0) is 19.8. The zero-order valence-corrected chi connectivity index (χ0v) is 16.3. The Hall–Kier alpha value is -2.44. The molecule has 2 atom stereocenters. The molecule has 0 fully saturated rings. The van der Waals surface area contributed by atoms with Gasteiger partial charge in [0.1, 0.15) is 0 Å². The van der Waals surface area contributed by atoms with Gasteiger partial charge in [-0.3, -0.25) is 0 Å². The average Bonchev–Trinajstić information content (AvgIpc) is 2.72. The van der Waals surface area contributed by atoms with Crippen molar-refractivity contribution in [3.8, 4) is 23.0 Å². The fraction of sp³-hybridized carbons (Fsp3) is 0.429. The van der Waals surface area contributed by atoms with Gasteiger partial charge in [-0.15, -0.1) is 0 Å². The predicted molar refractivity (Wildman–Crippen MR) is 103 cm³/mol. The maximum atomic E-state index is 11.1. The molecule has 0 saturated carbocycles. The fourth-order valence-corrected chi connectivity index (χ4v) is 3.17. The van der Waals surface area contributed by atoms with Crippen LogP contribution in [0.2, 0.25) is 0 Å². The predicted octanol–water partition coefficient (Wildman–Crippen LogP) is 3.31. The molecule has 6 heteroatoms. The lowest BCUT2D eigenvalue weighted by Crippen LogP contribution is -2.12. The molecule has 0 aliphatic rings. The third kappa shape index (κ3) is 4.84. The summed E-state index contributed by atoms with van der Waals surface area (Å²) in [6, 6.07) is 11.0. The van der Waals surface area contributed by atoms with Crippen LogP contribution in [-0.4, -0.2) is 45.3 Å². The Balaban J connectivity index is 2.40. The first-order chi connectivity index (χ1) is 13.1. The second-order valence-corrected chi connectivity index (χ2v) is 6.15. The monoisotopic (exact) mass is 376 g/mol. The lowest BCUT2D eigenvalue weighted by atomic mass is 9.85. The molecule has 0 amide bonds. The van der Waals surface area contributed by atoms with Crippen molar-refractivity contribution in [1.82, 2.24) is 0 Å². The molecular formula is C21H28O6. The van der Waals surface area contributed by atoms with Crippen LogP contribution in [0.1, 0.15) is 36.0 Å². The molecule has 27 heavy (non-hydrogen) atoms. The van der Waals surface area contributed by atoms with E-state index in [0.29, 0.717) is 41.4 Å². The molecule has 0 heterocycles. The van der Waals surface area contributed by atoms with Gasteiger partial charge in [-0.05, 0) is 48.2 Å². The number of ether oxygens (including phenoxy) is 4. The highest BCUT2D eigenvalue weighted by molar-refractivity contribution is 5.46. The largest absolute Gasteiger partial charge is 0.493 e. The summed E-state index contributed by atoms with van der Waals surface area (Å²) in [5.41, 5.74) is 1.62. The number of methoxy groups -OCH3 is 4. The van der Waals surface area contributed by atoms with E-state index in [1.807, 2.05) is 24.3 Å². The molecule has 2 aromatic carbocycles. The summed E-state index contributed by atoms with van der Waals surface area (Å²) in [5.74, 6) is 2.16. The van der Waals surface area contributed by atoms with Gasteiger partial charge in [0.25, 0.3) is 0 Å². The van der Waals surface area contributed by atoms with Crippen molar-refractivity contribution in [3.05, 3.63) is 47.5 Å². The first kappa shape index (κ1) is 20.9. The van der Waals surface area contributed by atoms with E-state index in [2.05, 4.69) is 0 Å². The van der Waals surface area contributed by atoms with Crippen molar-refractivity contribution in [3.63, 3.8) is 0 Å². The smallest absolute Gasteiger partial charge is 0.161 e. The van der Waals surface area contributed by atoms with E-state index in [1.165, 1.54) is 0 Å². The third-order valence-electron chi connectivity index (χ3n) is 4.64. The minimum Gasteiger partial charge on any atom is -0.493 e. The van der Waals surface area contributed by atoms with Gasteiger partial charge in [0, 0.05) is 12.5 Å². The molecule has 0 aliphatic heterocycles. The van der Waals surface area contributed by atoms with Crippen LogP contribution in [0.5, 0.6) is 23.0 Å². The molecule has 0 aromatic heterocycles. The fourth-order valence-electron chi connectivity index (χ4n) is 3.17. The molecular weight excluding hydrogens is 348 g/mol. The van der Waals surface area contributed by atoms with Gasteiger partial charge in [-0.2, -0.15) is 0 Å². The number of benzene rings is 2. The lowest BCUT2D eigenvalue weighted by molar-refractivity contribution is 0.134. The molecule has 0 aliphatic carbocycles. The number of hydrogen-bond donors (Lipinski definition) is 2. The first-order valence-corrected chi connectivity index (χ1v) is 8.82. The van der Waals surface area contributed by atoms with E-state index in [0.717, 1.165) is 5.56 Å². The highest BCUT2D eigenvalue weighted by atomic mass is 16.5. The molecule has 2 rings (SSSR count). The molecule has 148 valence electrons. The maximum absolute atomic E-state index is 11.1. The molecule has 6 nitrogen and oxygen atoms in total. The number of aliphatic hydroxyl groups is 2. The van der Waals surface area contributed by atoms with E-state index < -0.39 is 6.10 Å². The molecule has 2 aromatic rings. The van der Waals surface area contributed by atoms with Crippen molar-refractivity contribution in [1.29, 1.82) is 0 Å². The molecule has 0 saturated heterocycles. The first-order valence-electron chi connectivity index (χ1n) is 8.82. The van der Waals surface area contributed by atoms with Crippen molar-refractivity contribution in [2.24, 2.45) is 0 Å². The summed E-state index contributed by atoms with van der Waals surface area (Å²) in [5, 5.41) is 20.4. The normalized spacial score (nSPS) is 13.0. The topological polar surface area (TPSA) is 77.4 Å². The second-order valence-electron chi connectivity index (χ2n) is 6.15. The van der Waals surface area contributed by atoms with Gasteiger partial charge in [-0.25, -0.2) is 0 Å². The summed E-state index contributed by atoms with van der Waals surface area (Å²) in [4.78, 5) is 0. The molecule has 2 unspecified atom stereocenters. The van der Waals surface area contributed by atoms with E-state index >= 15 is 0 Å². The summed E-state index contributed by atoms with van der Waals surface area (Å²) >= 11 is 0. The SMILES string of the molecule is COc1ccc(C(O)C(CCCO)c2ccc(OC)c(OC)c2)cc1OC. The van der Waals surface area contributed by atoms with Gasteiger partial charge in [-0.1, -0.05) is 12.1 Å². The molecule has 0 spiro atoms. The van der Waals surface area contributed by atoms with Crippen molar-refractivity contribution < 1.29 is 29.2 Å². The van der Waals surface area contributed by atoms with Crippen LogP contribution in [0.15, 0.2) is 36.4 Å². The van der Waals surface area contributed by atoms with E-state index in [9.17, 15) is 10.2 Å². The van der Waals surface area contributed by atoms with E-state index in [-0.39, 0.29) is 12.5 Å². The highest BCUT2D eigenvalue weighted by Gasteiger charge is 2.25. The van der Waals surface area contributed by atoms with E-state index in [1.54, 1.807) is 40.6 Å². The minimum atomic E-state index is -0.783. The van der Waals surface area contributed by atoms with Gasteiger partial charge >= 0.3 is 0 Å². The van der Waals surface area contributed by atoms with Crippen LogP contribution in [0.4, 0.5) is 0 Å².